The number of nitrogens with zero attached hydrogens (tertiary/aromatic N) is 3. The number of hydrogen-bond acceptors (Lipinski definition) is 4. The summed E-state index contributed by atoms with van der Waals surface area (Å²) in [7, 11) is 0. The van der Waals surface area contributed by atoms with E-state index in [-0.39, 0.29) is 0 Å². The SMILES string of the molecule is Cc1[nH]c2ccccc2c1[C@@H]1C(c2ccccc2)=NN=CN1O. The lowest BCUT2D eigenvalue weighted by atomic mass is 9.94. The molecule has 1 atom stereocenters. The largest absolute Gasteiger partial charge is 0.358 e. The first-order valence-electron chi connectivity index (χ1n) is 7.46. The summed E-state index contributed by atoms with van der Waals surface area (Å²) in [6.45, 7) is 2.01. The van der Waals surface area contributed by atoms with Crippen LogP contribution in [0.3, 0.4) is 0 Å². The number of aromatic nitrogens is 1. The standard InChI is InChI=1S/C18H16N4O/c1-12-16(14-9-5-6-10-15(14)20-12)18-17(21-19-11-22(18)23)13-7-3-2-4-8-13/h2-11,18,20,23H,1H3/t18-/m1/s1. The van der Waals surface area contributed by atoms with Crippen molar-refractivity contribution in [1.29, 1.82) is 0 Å². The van der Waals surface area contributed by atoms with E-state index >= 15 is 0 Å². The average Bonchev–Trinajstić information content (AvgIpc) is 2.91. The van der Waals surface area contributed by atoms with Crippen LogP contribution in [0.25, 0.3) is 10.9 Å². The van der Waals surface area contributed by atoms with E-state index in [9.17, 15) is 5.21 Å². The van der Waals surface area contributed by atoms with Gasteiger partial charge in [0.25, 0.3) is 0 Å². The number of fused-ring (bicyclic) bond motifs is 1. The van der Waals surface area contributed by atoms with Gasteiger partial charge in [-0.2, -0.15) is 5.10 Å². The van der Waals surface area contributed by atoms with Crippen LogP contribution in [-0.2, 0) is 0 Å². The molecule has 3 aromatic rings. The summed E-state index contributed by atoms with van der Waals surface area (Å²) in [5.74, 6) is 0. The molecule has 1 aliphatic heterocycles. The van der Waals surface area contributed by atoms with Crippen molar-refractivity contribution < 1.29 is 5.21 Å². The average molecular weight is 304 g/mol. The van der Waals surface area contributed by atoms with Crippen LogP contribution in [0.2, 0.25) is 0 Å². The van der Waals surface area contributed by atoms with Crippen LogP contribution in [0.5, 0.6) is 0 Å². The smallest absolute Gasteiger partial charge is 0.139 e. The lowest BCUT2D eigenvalue weighted by molar-refractivity contribution is -0.0288. The van der Waals surface area contributed by atoms with Gasteiger partial charge in [0.2, 0.25) is 0 Å². The quantitative estimate of drug-likeness (QED) is 0.759. The molecule has 0 fully saturated rings. The Morgan fingerprint density at radius 1 is 1.04 bits per heavy atom. The third kappa shape index (κ3) is 2.22. The molecule has 1 aliphatic rings. The number of hydrogen-bond donors (Lipinski definition) is 2. The highest BCUT2D eigenvalue weighted by Crippen LogP contribution is 2.34. The maximum atomic E-state index is 10.4. The summed E-state index contributed by atoms with van der Waals surface area (Å²) < 4.78 is 0. The molecule has 0 amide bonds. The summed E-state index contributed by atoms with van der Waals surface area (Å²) in [5, 5.41) is 20.9. The number of hydroxylamine groups is 2. The van der Waals surface area contributed by atoms with Gasteiger partial charge in [-0.1, -0.05) is 48.5 Å². The van der Waals surface area contributed by atoms with Crippen molar-refractivity contribution in [2.45, 2.75) is 13.0 Å². The van der Waals surface area contributed by atoms with Crippen molar-refractivity contribution in [1.82, 2.24) is 10.0 Å². The molecule has 2 heterocycles. The Morgan fingerprint density at radius 3 is 2.61 bits per heavy atom. The predicted octanol–water partition coefficient (Wildman–Crippen LogP) is 3.65. The van der Waals surface area contributed by atoms with E-state index in [0.717, 1.165) is 38.5 Å². The number of aryl methyl sites for hydroxylation is 1. The van der Waals surface area contributed by atoms with E-state index in [2.05, 4.69) is 21.3 Å². The molecule has 4 rings (SSSR count). The Kier molecular flexibility index (Phi) is 3.20. The summed E-state index contributed by atoms with van der Waals surface area (Å²) in [6, 6.07) is 17.5. The zero-order valence-electron chi connectivity index (χ0n) is 12.6. The van der Waals surface area contributed by atoms with Crippen molar-refractivity contribution in [3.8, 4) is 0 Å². The first kappa shape index (κ1) is 13.7. The summed E-state index contributed by atoms with van der Waals surface area (Å²) >= 11 is 0. The van der Waals surface area contributed by atoms with Crippen LogP contribution in [0.4, 0.5) is 0 Å². The maximum Gasteiger partial charge on any atom is 0.139 e. The molecule has 2 aromatic carbocycles. The van der Waals surface area contributed by atoms with Crippen LogP contribution in [0, 0.1) is 6.92 Å². The summed E-state index contributed by atoms with van der Waals surface area (Å²) in [5.41, 5.74) is 4.73. The summed E-state index contributed by atoms with van der Waals surface area (Å²) in [6.07, 6.45) is 1.35. The minimum absolute atomic E-state index is 0.397. The number of para-hydroxylation sites is 1. The van der Waals surface area contributed by atoms with E-state index in [0.29, 0.717) is 0 Å². The molecule has 0 saturated carbocycles. The van der Waals surface area contributed by atoms with E-state index in [1.165, 1.54) is 6.34 Å². The van der Waals surface area contributed by atoms with Crippen LogP contribution in [0.1, 0.15) is 22.9 Å². The second-order valence-electron chi connectivity index (χ2n) is 5.57. The van der Waals surface area contributed by atoms with Crippen molar-refractivity contribution in [2.24, 2.45) is 10.2 Å². The molecule has 114 valence electrons. The second kappa shape index (κ2) is 5.37. The molecular formula is C18H16N4O. The van der Waals surface area contributed by atoms with E-state index in [4.69, 9.17) is 0 Å². The fourth-order valence-electron chi connectivity index (χ4n) is 3.13. The van der Waals surface area contributed by atoms with E-state index < -0.39 is 6.04 Å². The molecule has 0 saturated heterocycles. The Labute approximate surface area is 133 Å². The molecule has 0 aliphatic carbocycles. The Balaban J connectivity index is 1.92. The highest BCUT2D eigenvalue weighted by Gasteiger charge is 2.31. The normalized spacial score (nSPS) is 17.6. The third-order valence-electron chi connectivity index (χ3n) is 4.15. The van der Waals surface area contributed by atoms with Gasteiger partial charge in [0.15, 0.2) is 0 Å². The number of aromatic amines is 1. The van der Waals surface area contributed by atoms with E-state index in [1.807, 2.05) is 55.5 Å². The van der Waals surface area contributed by atoms with Crippen molar-refractivity contribution in [3.63, 3.8) is 0 Å². The number of H-pyrrole nitrogens is 1. The lowest BCUT2D eigenvalue weighted by Crippen LogP contribution is -2.33. The van der Waals surface area contributed by atoms with Crippen molar-refractivity contribution in [3.05, 3.63) is 71.4 Å². The zero-order valence-corrected chi connectivity index (χ0v) is 12.6. The molecule has 0 bridgehead atoms. The van der Waals surface area contributed by atoms with Crippen molar-refractivity contribution in [2.75, 3.05) is 0 Å². The first-order valence-corrected chi connectivity index (χ1v) is 7.46. The fourth-order valence-corrected chi connectivity index (χ4v) is 3.13. The molecule has 1 aromatic heterocycles. The van der Waals surface area contributed by atoms with Gasteiger partial charge in [-0.15, -0.1) is 5.10 Å². The van der Waals surface area contributed by atoms with Crippen LogP contribution < -0.4 is 0 Å². The molecular weight excluding hydrogens is 288 g/mol. The molecule has 5 nitrogen and oxygen atoms in total. The lowest BCUT2D eigenvalue weighted by Gasteiger charge is -2.28. The minimum atomic E-state index is -0.397. The summed E-state index contributed by atoms with van der Waals surface area (Å²) in [4.78, 5) is 3.38. The van der Waals surface area contributed by atoms with Crippen LogP contribution in [-0.4, -0.2) is 27.3 Å². The zero-order chi connectivity index (χ0) is 15.8. The highest BCUT2D eigenvalue weighted by atomic mass is 16.5. The van der Waals surface area contributed by atoms with Gasteiger partial charge in [0, 0.05) is 27.7 Å². The topological polar surface area (TPSA) is 64.0 Å². The Morgan fingerprint density at radius 2 is 1.78 bits per heavy atom. The predicted molar refractivity (Wildman–Crippen MR) is 90.9 cm³/mol. The fraction of sp³-hybridized carbons (Fsp3) is 0.111. The molecule has 0 spiro atoms. The van der Waals surface area contributed by atoms with Gasteiger partial charge in [0.05, 0.1) is 0 Å². The third-order valence-corrected chi connectivity index (χ3v) is 4.15. The van der Waals surface area contributed by atoms with Crippen LogP contribution in [0.15, 0.2) is 64.8 Å². The van der Waals surface area contributed by atoms with Crippen molar-refractivity contribution >= 4 is 23.0 Å². The van der Waals surface area contributed by atoms with Crippen LogP contribution >= 0.6 is 0 Å². The maximum absolute atomic E-state index is 10.4. The monoisotopic (exact) mass is 304 g/mol. The van der Waals surface area contributed by atoms with Gasteiger partial charge in [-0.05, 0) is 13.0 Å². The molecule has 0 radical (unpaired) electrons. The number of nitrogens with one attached hydrogen (secondary N) is 1. The van der Waals surface area contributed by atoms with E-state index in [1.54, 1.807) is 0 Å². The molecule has 0 unspecified atom stereocenters. The molecule has 23 heavy (non-hydrogen) atoms. The molecule has 2 N–H and O–H groups in total. The Hall–Kier alpha value is -2.92. The van der Waals surface area contributed by atoms with Gasteiger partial charge in [-0.3, -0.25) is 5.21 Å². The van der Waals surface area contributed by atoms with Gasteiger partial charge in [-0.25, -0.2) is 5.06 Å². The van der Waals surface area contributed by atoms with Gasteiger partial charge >= 0.3 is 0 Å². The number of rotatable bonds is 2. The van der Waals surface area contributed by atoms with Gasteiger partial charge in [0.1, 0.15) is 18.1 Å². The number of benzene rings is 2. The first-order chi connectivity index (χ1) is 11.3. The second-order valence-corrected chi connectivity index (χ2v) is 5.57. The minimum Gasteiger partial charge on any atom is -0.358 e. The Bertz CT molecular complexity index is 911. The molecule has 5 heteroatoms. The highest BCUT2D eigenvalue weighted by molar-refractivity contribution is 6.08. The van der Waals surface area contributed by atoms with Gasteiger partial charge < -0.3 is 4.98 Å².